The maximum atomic E-state index is 12.3. The predicted octanol–water partition coefficient (Wildman–Crippen LogP) is -1.16. The van der Waals surface area contributed by atoms with E-state index in [4.69, 9.17) is 0 Å². The van der Waals surface area contributed by atoms with Crippen molar-refractivity contribution in [3.8, 4) is 0 Å². The maximum Gasteiger partial charge on any atom is 0.325 e. The van der Waals surface area contributed by atoms with Crippen molar-refractivity contribution in [3.63, 3.8) is 0 Å². The highest BCUT2D eigenvalue weighted by Crippen LogP contribution is 2.16. The van der Waals surface area contributed by atoms with Gasteiger partial charge < -0.3 is 15.3 Å². The minimum absolute atomic E-state index is 0.218. The number of aliphatic hydroxyl groups excluding tert-OH is 1. The molecule has 124 valence electrons. The number of rotatable bonds is 4. The highest BCUT2D eigenvalue weighted by molar-refractivity contribution is 6.08. The molecule has 2 N–H and O–H groups in total. The van der Waals surface area contributed by atoms with E-state index in [-0.39, 0.29) is 18.4 Å². The molecule has 1 atom stereocenters. The average molecular weight is 312 g/mol. The third kappa shape index (κ3) is 3.56. The molecule has 2 rings (SSSR count). The SMILES string of the molecule is C[C@@H](O)CN1CCN(C(=O)CN2C(=O)NC(C)(C)C2=O)CC1. The summed E-state index contributed by atoms with van der Waals surface area (Å²) in [5.74, 6) is -0.600. The van der Waals surface area contributed by atoms with Gasteiger partial charge in [0.05, 0.1) is 6.10 Å². The van der Waals surface area contributed by atoms with Gasteiger partial charge in [-0.25, -0.2) is 4.79 Å². The first-order chi connectivity index (χ1) is 10.2. The summed E-state index contributed by atoms with van der Waals surface area (Å²) in [5, 5.41) is 11.9. The average Bonchev–Trinajstić information content (AvgIpc) is 2.61. The lowest BCUT2D eigenvalue weighted by Crippen LogP contribution is -2.53. The number of piperazine rings is 1. The molecule has 0 unspecified atom stereocenters. The van der Waals surface area contributed by atoms with Crippen LogP contribution >= 0.6 is 0 Å². The van der Waals surface area contributed by atoms with E-state index >= 15 is 0 Å². The van der Waals surface area contributed by atoms with Gasteiger partial charge in [0, 0.05) is 32.7 Å². The summed E-state index contributed by atoms with van der Waals surface area (Å²) >= 11 is 0. The number of nitrogens with zero attached hydrogens (tertiary/aromatic N) is 3. The summed E-state index contributed by atoms with van der Waals surface area (Å²) in [6, 6.07) is -0.518. The molecule has 0 radical (unpaired) electrons. The van der Waals surface area contributed by atoms with Crippen molar-refractivity contribution < 1.29 is 19.5 Å². The second kappa shape index (κ2) is 6.21. The van der Waals surface area contributed by atoms with E-state index in [1.165, 1.54) is 0 Å². The molecule has 4 amide bonds. The van der Waals surface area contributed by atoms with Gasteiger partial charge in [0.15, 0.2) is 0 Å². The van der Waals surface area contributed by atoms with Gasteiger partial charge in [-0.2, -0.15) is 0 Å². The Bertz CT molecular complexity index is 469. The largest absolute Gasteiger partial charge is 0.392 e. The van der Waals surface area contributed by atoms with Crippen molar-refractivity contribution in [2.75, 3.05) is 39.3 Å². The zero-order valence-electron chi connectivity index (χ0n) is 13.3. The Labute approximate surface area is 130 Å². The number of carbonyl (C=O) groups excluding carboxylic acids is 3. The molecule has 0 bridgehead atoms. The minimum atomic E-state index is -0.951. The van der Waals surface area contributed by atoms with Crippen LogP contribution in [-0.4, -0.2) is 88.6 Å². The van der Waals surface area contributed by atoms with Gasteiger partial charge in [-0.3, -0.25) is 19.4 Å². The summed E-state index contributed by atoms with van der Waals surface area (Å²) in [7, 11) is 0. The molecular formula is C14H24N4O4. The third-order valence-electron chi connectivity index (χ3n) is 3.99. The Balaban J connectivity index is 1.86. The normalized spacial score (nSPS) is 23.6. The molecule has 0 spiro atoms. The lowest BCUT2D eigenvalue weighted by molar-refractivity contribution is -0.139. The van der Waals surface area contributed by atoms with E-state index < -0.39 is 17.7 Å². The molecule has 2 saturated heterocycles. The monoisotopic (exact) mass is 312 g/mol. The zero-order valence-corrected chi connectivity index (χ0v) is 13.3. The van der Waals surface area contributed by atoms with Gasteiger partial charge in [0.25, 0.3) is 5.91 Å². The number of carbonyl (C=O) groups is 3. The third-order valence-corrected chi connectivity index (χ3v) is 3.99. The number of aliphatic hydroxyl groups is 1. The smallest absolute Gasteiger partial charge is 0.325 e. The fourth-order valence-corrected chi connectivity index (χ4v) is 2.75. The number of nitrogens with one attached hydrogen (secondary N) is 1. The van der Waals surface area contributed by atoms with Crippen molar-refractivity contribution in [1.82, 2.24) is 20.0 Å². The van der Waals surface area contributed by atoms with Crippen LogP contribution in [0.5, 0.6) is 0 Å². The highest BCUT2D eigenvalue weighted by atomic mass is 16.3. The van der Waals surface area contributed by atoms with Gasteiger partial charge in [0.2, 0.25) is 5.91 Å². The fraction of sp³-hybridized carbons (Fsp3) is 0.786. The van der Waals surface area contributed by atoms with Crippen LogP contribution in [0.1, 0.15) is 20.8 Å². The summed E-state index contributed by atoms with van der Waals surface area (Å²) in [5.41, 5.74) is -0.951. The van der Waals surface area contributed by atoms with Crippen LogP contribution in [0.2, 0.25) is 0 Å². The summed E-state index contributed by atoms with van der Waals surface area (Å²) < 4.78 is 0. The van der Waals surface area contributed by atoms with E-state index in [0.29, 0.717) is 32.7 Å². The van der Waals surface area contributed by atoms with Gasteiger partial charge in [-0.05, 0) is 20.8 Å². The quantitative estimate of drug-likeness (QED) is 0.639. The molecule has 8 nitrogen and oxygen atoms in total. The maximum absolute atomic E-state index is 12.3. The van der Waals surface area contributed by atoms with Gasteiger partial charge >= 0.3 is 6.03 Å². The van der Waals surface area contributed by atoms with Crippen LogP contribution in [0, 0.1) is 0 Å². The molecule has 0 aromatic heterocycles. The first kappa shape index (κ1) is 16.7. The summed E-state index contributed by atoms with van der Waals surface area (Å²) in [6.45, 7) is 7.78. The first-order valence-electron chi connectivity index (χ1n) is 7.53. The van der Waals surface area contributed by atoms with Crippen molar-refractivity contribution in [3.05, 3.63) is 0 Å². The molecule has 0 aliphatic carbocycles. The standard InChI is InChI=1S/C14H24N4O4/c1-10(19)8-16-4-6-17(7-5-16)11(20)9-18-12(21)14(2,3)15-13(18)22/h10,19H,4-9H2,1-3H3,(H,15,22)/t10-/m1/s1. The molecule has 2 fully saturated rings. The molecular weight excluding hydrogens is 288 g/mol. The number of imide groups is 1. The van der Waals surface area contributed by atoms with Gasteiger partial charge in [-0.1, -0.05) is 0 Å². The Morgan fingerprint density at radius 1 is 1.27 bits per heavy atom. The lowest BCUT2D eigenvalue weighted by atomic mass is 10.1. The number of urea groups is 1. The van der Waals surface area contributed by atoms with Crippen LogP contribution < -0.4 is 5.32 Å². The number of hydrogen-bond donors (Lipinski definition) is 2. The van der Waals surface area contributed by atoms with Crippen LogP contribution in [0.25, 0.3) is 0 Å². The number of hydrogen-bond acceptors (Lipinski definition) is 5. The van der Waals surface area contributed by atoms with E-state index in [0.717, 1.165) is 4.90 Å². The molecule has 22 heavy (non-hydrogen) atoms. The van der Waals surface area contributed by atoms with Crippen molar-refractivity contribution in [2.24, 2.45) is 0 Å². The lowest BCUT2D eigenvalue weighted by Gasteiger charge is -2.35. The number of β-amino-alcohol motifs (C(OH)–C–C–N with tert-alkyl or cyclic N) is 1. The van der Waals surface area contributed by atoms with E-state index in [1.54, 1.807) is 25.7 Å². The summed E-state index contributed by atoms with van der Waals surface area (Å²) in [6.07, 6.45) is -0.393. The van der Waals surface area contributed by atoms with Crippen LogP contribution in [0.15, 0.2) is 0 Å². The molecule has 0 aromatic carbocycles. The second-order valence-corrected chi connectivity index (χ2v) is 6.48. The number of amides is 4. The van der Waals surface area contributed by atoms with Crippen molar-refractivity contribution in [1.29, 1.82) is 0 Å². The van der Waals surface area contributed by atoms with E-state index in [2.05, 4.69) is 10.2 Å². The molecule has 2 aliphatic heterocycles. The van der Waals surface area contributed by atoms with E-state index in [9.17, 15) is 19.5 Å². The summed E-state index contributed by atoms with van der Waals surface area (Å²) in [4.78, 5) is 40.8. The van der Waals surface area contributed by atoms with Crippen molar-refractivity contribution in [2.45, 2.75) is 32.4 Å². The van der Waals surface area contributed by atoms with Gasteiger partial charge in [-0.15, -0.1) is 0 Å². The fourth-order valence-electron chi connectivity index (χ4n) is 2.75. The molecule has 2 aliphatic rings. The van der Waals surface area contributed by atoms with E-state index in [1.807, 2.05) is 0 Å². The highest BCUT2D eigenvalue weighted by Gasteiger charge is 2.45. The van der Waals surface area contributed by atoms with Crippen LogP contribution in [-0.2, 0) is 9.59 Å². The molecule has 2 heterocycles. The zero-order chi connectivity index (χ0) is 16.5. The minimum Gasteiger partial charge on any atom is -0.392 e. The van der Waals surface area contributed by atoms with Gasteiger partial charge in [0.1, 0.15) is 12.1 Å². The predicted molar refractivity (Wildman–Crippen MR) is 79.0 cm³/mol. The van der Waals surface area contributed by atoms with Crippen molar-refractivity contribution >= 4 is 17.8 Å². The topological polar surface area (TPSA) is 93.2 Å². The Morgan fingerprint density at radius 2 is 1.86 bits per heavy atom. The van der Waals surface area contributed by atoms with Crippen LogP contribution in [0.3, 0.4) is 0 Å². The Morgan fingerprint density at radius 3 is 2.32 bits per heavy atom. The first-order valence-corrected chi connectivity index (χ1v) is 7.53. The Hall–Kier alpha value is -1.67. The second-order valence-electron chi connectivity index (χ2n) is 6.48. The molecule has 0 saturated carbocycles. The molecule has 0 aromatic rings. The van der Waals surface area contributed by atoms with Crippen LogP contribution in [0.4, 0.5) is 4.79 Å². The Kier molecular flexibility index (Phi) is 4.72. The molecule has 8 heteroatoms.